The number of hydrogen-bond donors (Lipinski definition) is 1. The van der Waals surface area contributed by atoms with E-state index in [1.807, 2.05) is 12.1 Å². The summed E-state index contributed by atoms with van der Waals surface area (Å²) in [5, 5.41) is 3.58. The summed E-state index contributed by atoms with van der Waals surface area (Å²) in [6, 6.07) is 16.3. The Balaban J connectivity index is 1.38. The summed E-state index contributed by atoms with van der Waals surface area (Å²) in [7, 11) is 1.55. The third-order valence-corrected chi connectivity index (χ3v) is 4.24. The second kappa shape index (κ2) is 8.02. The van der Waals surface area contributed by atoms with Gasteiger partial charge in [-0.25, -0.2) is 9.37 Å². The Morgan fingerprint density at radius 3 is 2.69 bits per heavy atom. The molecule has 146 valence electrons. The highest BCUT2D eigenvalue weighted by molar-refractivity contribution is 5.97. The number of aromatic nitrogens is 1. The zero-order chi connectivity index (χ0) is 20.2. The number of hydrogen-bond acceptors (Lipinski definition) is 5. The molecule has 0 aliphatic heterocycles. The summed E-state index contributed by atoms with van der Waals surface area (Å²) in [5.74, 6) is 0.960. The number of benzene rings is 2. The third kappa shape index (κ3) is 4.19. The van der Waals surface area contributed by atoms with Crippen LogP contribution in [0.2, 0.25) is 0 Å². The molecule has 0 fully saturated rings. The Kier molecular flexibility index (Phi) is 5.11. The first-order chi connectivity index (χ1) is 14.1. The summed E-state index contributed by atoms with van der Waals surface area (Å²) >= 11 is 0. The predicted octanol–water partition coefficient (Wildman–Crippen LogP) is 4.70. The second-order valence-corrected chi connectivity index (χ2v) is 6.23. The highest BCUT2D eigenvalue weighted by atomic mass is 19.1. The Hall–Kier alpha value is -3.87. The van der Waals surface area contributed by atoms with E-state index in [9.17, 15) is 9.18 Å². The number of ether oxygens (including phenoxy) is 2. The Morgan fingerprint density at radius 1 is 1.14 bits per heavy atom. The van der Waals surface area contributed by atoms with Crippen LogP contribution in [0.15, 0.2) is 71.3 Å². The number of furan rings is 1. The van der Waals surface area contributed by atoms with Crippen LogP contribution in [0, 0.1) is 5.82 Å². The van der Waals surface area contributed by atoms with E-state index in [1.165, 1.54) is 24.3 Å². The molecule has 0 atom stereocenters. The normalized spacial score (nSPS) is 10.7. The molecule has 0 saturated heterocycles. The summed E-state index contributed by atoms with van der Waals surface area (Å²) in [4.78, 5) is 16.6. The number of methoxy groups -OCH3 is 1. The van der Waals surface area contributed by atoms with Gasteiger partial charge in [-0.15, -0.1) is 0 Å². The van der Waals surface area contributed by atoms with Gasteiger partial charge < -0.3 is 19.2 Å². The van der Waals surface area contributed by atoms with E-state index in [2.05, 4.69) is 10.3 Å². The molecular formula is C22H17FN2O4. The number of fused-ring (bicyclic) bond motifs is 1. The van der Waals surface area contributed by atoms with Gasteiger partial charge in [0.15, 0.2) is 17.1 Å². The Morgan fingerprint density at radius 2 is 1.97 bits per heavy atom. The first-order valence-electron chi connectivity index (χ1n) is 8.85. The molecule has 4 rings (SSSR count). The number of amides is 1. The van der Waals surface area contributed by atoms with Crippen molar-refractivity contribution in [3.05, 3.63) is 84.0 Å². The highest BCUT2D eigenvalue weighted by Crippen LogP contribution is 2.28. The van der Waals surface area contributed by atoms with E-state index in [0.29, 0.717) is 23.0 Å². The third-order valence-electron chi connectivity index (χ3n) is 4.24. The van der Waals surface area contributed by atoms with Crippen molar-refractivity contribution in [3.63, 3.8) is 0 Å². The van der Waals surface area contributed by atoms with Crippen LogP contribution < -0.4 is 14.8 Å². The maximum atomic E-state index is 12.9. The quantitative estimate of drug-likeness (QED) is 0.515. The van der Waals surface area contributed by atoms with E-state index in [0.717, 1.165) is 10.9 Å². The Bertz CT molecular complexity index is 1140. The molecule has 7 heteroatoms. The van der Waals surface area contributed by atoms with Crippen molar-refractivity contribution in [2.75, 3.05) is 7.11 Å². The van der Waals surface area contributed by atoms with Gasteiger partial charge in [0.1, 0.15) is 11.6 Å². The van der Waals surface area contributed by atoms with Crippen LogP contribution in [0.5, 0.6) is 17.4 Å². The summed E-state index contributed by atoms with van der Waals surface area (Å²) < 4.78 is 29.4. The average molecular weight is 392 g/mol. The molecule has 2 aromatic carbocycles. The fourth-order valence-electron chi connectivity index (χ4n) is 2.78. The first kappa shape index (κ1) is 18.5. The standard InChI is InChI=1S/C22H17FN2O4/c1-27-18-4-2-3-15-11-19(29-21(15)18)22(26)25-13-14-5-10-20(24-12-14)28-17-8-6-16(23)7-9-17/h2-12H,13H2,1H3,(H,25,26). The predicted molar refractivity (Wildman–Crippen MR) is 105 cm³/mol. The molecule has 1 N–H and O–H groups in total. The number of nitrogens with zero attached hydrogens (tertiary/aromatic N) is 1. The zero-order valence-electron chi connectivity index (χ0n) is 15.5. The van der Waals surface area contributed by atoms with E-state index < -0.39 is 0 Å². The fourth-order valence-corrected chi connectivity index (χ4v) is 2.78. The molecular weight excluding hydrogens is 375 g/mol. The van der Waals surface area contributed by atoms with Gasteiger partial charge in [-0.2, -0.15) is 0 Å². The number of halogens is 1. The SMILES string of the molecule is COc1cccc2cc(C(=O)NCc3ccc(Oc4ccc(F)cc4)nc3)oc12. The lowest BCUT2D eigenvalue weighted by Crippen LogP contribution is -2.22. The van der Waals surface area contributed by atoms with Crippen molar-refractivity contribution < 1.29 is 23.1 Å². The van der Waals surface area contributed by atoms with Crippen LogP contribution in [0.4, 0.5) is 4.39 Å². The van der Waals surface area contributed by atoms with Crippen LogP contribution in [0.25, 0.3) is 11.0 Å². The van der Waals surface area contributed by atoms with Crippen LogP contribution in [0.3, 0.4) is 0 Å². The molecule has 0 spiro atoms. The lowest BCUT2D eigenvalue weighted by molar-refractivity contribution is 0.0925. The molecule has 2 aromatic heterocycles. The van der Waals surface area contributed by atoms with Crippen molar-refractivity contribution >= 4 is 16.9 Å². The van der Waals surface area contributed by atoms with Crippen LogP contribution in [-0.2, 0) is 6.54 Å². The first-order valence-corrected chi connectivity index (χ1v) is 8.85. The molecule has 0 saturated carbocycles. The number of nitrogens with one attached hydrogen (secondary N) is 1. The van der Waals surface area contributed by atoms with Gasteiger partial charge in [-0.05, 0) is 42.0 Å². The molecule has 0 bridgehead atoms. The molecule has 0 aliphatic carbocycles. The second-order valence-electron chi connectivity index (χ2n) is 6.23. The van der Waals surface area contributed by atoms with E-state index in [1.54, 1.807) is 37.6 Å². The van der Waals surface area contributed by atoms with Crippen LogP contribution >= 0.6 is 0 Å². The minimum atomic E-state index is -0.338. The maximum Gasteiger partial charge on any atom is 0.287 e. The van der Waals surface area contributed by atoms with Gasteiger partial charge >= 0.3 is 0 Å². The molecule has 0 aliphatic rings. The maximum absolute atomic E-state index is 12.9. The number of para-hydroxylation sites is 1. The molecule has 29 heavy (non-hydrogen) atoms. The van der Waals surface area contributed by atoms with E-state index in [4.69, 9.17) is 13.9 Å². The summed E-state index contributed by atoms with van der Waals surface area (Å²) in [5.41, 5.74) is 1.32. The minimum Gasteiger partial charge on any atom is -0.493 e. The minimum absolute atomic E-state index is 0.203. The van der Waals surface area contributed by atoms with Gasteiger partial charge in [-0.3, -0.25) is 4.79 Å². The number of pyridine rings is 1. The van der Waals surface area contributed by atoms with Crippen molar-refractivity contribution in [3.8, 4) is 17.4 Å². The molecule has 6 nitrogen and oxygen atoms in total. The van der Waals surface area contributed by atoms with Crippen molar-refractivity contribution in [1.82, 2.24) is 10.3 Å². The highest BCUT2D eigenvalue weighted by Gasteiger charge is 2.14. The van der Waals surface area contributed by atoms with Crippen molar-refractivity contribution in [2.24, 2.45) is 0 Å². The van der Waals surface area contributed by atoms with Gasteiger partial charge in [0.25, 0.3) is 5.91 Å². The van der Waals surface area contributed by atoms with Crippen molar-refractivity contribution in [1.29, 1.82) is 0 Å². The van der Waals surface area contributed by atoms with E-state index >= 15 is 0 Å². The topological polar surface area (TPSA) is 73.6 Å². The van der Waals surface area contributed by atoms with E-state index in [-0.39, 0.29) is 24.0 Å². The Labute approximate surface area is 165 Å². The average Bonchev–Trinajstić information content (AvgIpc) is 3.19. The smallest absolute Gasteiger partial charge is 0.287 e. The largest absolute Gasteiger partial charge is 0.493 e. The van der Waals surface area contributed by atoms with Gasteiger partial charge in [0.2, 0.25) is 5.88 Å². The van der Waals surface area contributed by atoms with Crippen LogP contribution in [-0.4, -0.2) is 18.0 Å². The van der Waals surface area contributed by atoms with Crippen LogP contribution in [0.1, 0.15) is 16.1 Å². The lowest BCUT2D eigenvalue weighted by atomic mass is 10.2. The van der Waals surface area contributed by atoms with Gasteiger partial charge in [0.05, 0.1) is 7.11 Å². The number of carbonyl (C=O) groups is 1. The molecule has 0 unspecified atom stereocenters. The molecule has 0 radical (unpaired) electrons. The lowest BCUT2D eigenvalue weighted by Gasteiger charge is -2.06. The number of rotatable bonds is 6. The van der Waals surface area contributed by atoms with Gasteiger partial charge in [0, 0.05) is 24.2 Å². The monoisotopic (exact) mass is 392 g/mol. The summed E-state index contributed by atoms with van der Waals surface area (Å²) in [6.45, 7) is 0.275. The molecule has 4 aromatic rings. The van der Waals surface area contributed by atoms with Crippen molar-refractivity contribution in [2.45, 2.75) is 6.54 Å². The fraction of sp³-hybridized carbons (Fsp3) is 0.0909. The summed E-state index contributed by atoms with van der Waals surface area (Å²) in [6.07, 6.45) is 1.60. The molecule has 1 amide bonds. The number of carbonyl (C=O) groups excluding carboxylic acids is 1. The van der Waals surface area contributed by atoms with Gasteiger partial charge in [-0.1, -0.05) is 18.2 Å². The molecule has 2 heterocycles. The zero-order valence-corrected chi connectivity index (χ0v) is 15.5.